The summed E-state index contributed by atoms with van der Waals surface area (Å²) in [5.74, 6) is 0.0955. The van der Waals surface area contributed by atoms with Crippen LogP contribution < -0.4 is 5.73 Å². The summed E-state index contributed by atoms with van der Waals surface area (Å²) in [6.45, 7) is 0. The molecule has 0 saturated carbocycles. The first-order valence-electron chi connectivity index (χ1n) is 6.33. The van der Waals surface area contributed by atoms with Crippen LogP contribution in [0, 0.1) is 0 Å². The van der Waals surface area contributed by atoms with E-state index in [9.17, 15) is 4.79 Å². The summed E-state index contributed by atoms with van der Waals surface area (Å²) in [6.07, 6.45) is 7.50. The minimum atomic E-state index is -0.499. The van der Waals surface area contributed by atoms with Crippen LogP contribution in [0.5, 0.6) is 0 Å². The monoisotopic (exact) mass is 229 g/mol. The van der Waals surface area contributed by atoms with Crippen molar-refractivity contribution in [1.29, 1.82) is 0 Å². The molecule has 0 aromatic heterocycles. The molecule has 1 aromatic rings. The average Bonchev–Trinajstić information content (AvgIpc) is 2.67. The molecular formula is C15H19NO. The van der Waals surface area contributed by atoms with Gasteiger partial charge in [-0.25, -0.2) is 0 Å². The minimum Gasteiger partial charge on any atom is -0.318 e. The lowest BCUT2D eigenvalue weighted by Gasteiger charge is -2.12. The third-order valence-corrected chi connectivity index (χ3v) is 3.30. The van der Waals surface area contributed by atoms with Gasteiger partial charge in [0.1, 0.15) is 0 Å². The zero-order valence-corrected chi connectivity index (χ0v) is 10.1. The highest BCUT2D eigenvalue weighted by Gasteiger charge is 2.19. The van der Waals surface area contributed by atoms with Crippen molar-refractivity contribution in [2.45, 2.75) is 38.1 Å². The second-order valence-electron chi connectivity index (χ2n) is 4.58. The third-order valence-electron chi connectivity index (χ3n) is 3.30. The molecule has 1 aliphatic carbocycles. The normalized spacial score (nSPS) is 18.1. The number of hydrogen-bond donors (Lipinski definition) is 1. The van der Waals surface area contributed by atoms with Gasteiger partial charge in [0.25, 0.3) is 0 Å². The summed E-state index contributed by atoms with van der Waals surface area (Å²) < 4.78 is 0. The summed E-state index contributed by atoms with van der Waals surface area (Å²) in [5.41, 5.74) is 7.86. The fourth-order valence-electron chi connectivity index (χ4n) is 2.25. The Balaban J connectivity index is 2.11. The Morgan fingerprint density at radius 2 is 1.88 bits per heavy atom. The number of Topliss-reactive ketones (excluding diaryl/α,β-unsaturated/α-hetero) is 1. The number of carbonyl (C=O) groups excluding carboxylic acids is 1. The molecule has 2 nitrogen and oxygen atoms in total. The highest BCUT2D eigenvalue weighted by molar-refractivity contribution is 5.99. The van der Waals surface area contributed by atoms with E-state index in [0.29, 0.717) is 0 Å². The molecule has 2 rings (SSSR count). The van der Waals surface area contributed by atoms with Gasteiger partial charge in [0.15, 0.2) is 5.78 Å². The fraction of sp³-hybridized carbons (Fsp3) is 0.400. The lowest BCUT2D eigenvalue weighted by molar-refractivity contribution is -0.117. The van der Waals surface area contributed by atoms with E-state index < -0.39 is 6.04 Å². The van der Waals surface area contributed by atoms with E-state index in [2.05, 4.69) is 6.08 Å². The number of nitrogens with two attached hydrogens (primary N) is 1. The van der Waals surface area contributed by atoms with E-state index in [1.807, 2.05) is 30.3 Å². The summed E-state index contributed by atoms with van der Waals surface area (Å²) in [6, 6.07) is 9.11. The largest absolute Gasteiger partial charge is 0.318 e. The van der Waals surface area contributed by atoms with Gasteiger partial charge in [-0.3, -0.25) is 4.79 Å². The molecule has 0 fully saturated rings. The Bertz CT molecular complexity index is 408. The lowest BCUT2D eigenvalue weighted by atomic mass is 9.95. The van der Waals surface area contributed by atoms with Gasteiger partial charge in [-0.2, -0.15) is 0 Å². The lowest BCUT2D eigenvalue weighted by Crippen LogP contribution is -2.22. The van der Waals surface area contributed by atoms with Crippen molar-refractivity contribution in [2.24, 2.45) is 5.73 Å². The zero-order valence-electron chi connectivity index (χ0n) is 10.1. The second kappa shape index (κ2) is 5.78. The number of rotatable bonds is 3. The van der Waals surface area contributed by atoms with Crippen LogP contribution >= 0.6 is 0 Å². The van der Waals surface area contributed by atoms with Crippen LogP contribution in [0.1, 0.15) is 43.7 Å². The molecule has 2 N–H and O–H groups in total. The quantitative estimate of drug-likeness (QED) is 0.865. The van der Waals surface area contributed by atoms with Gasteiger partial charge in [-0.05, 0) is 36.8 Å². The highest BCUT2D eigenvalue weighted by atomic mass is 16.1. The average molecular weight is 229 g/mol. The van der Waals surface area contributed by atoms with Crippen molar-refractivity contribution in [2.75, 3.05) is 0 Å². The Morgan fingerprint density at radius 3 is 2.65 bits per heavy atom. The molecule has 0 amide bonds. The van der Waals surface area contributed by atoms with Gasteiger partial charge in [0.2, 0.25) is 0 Å². The van der Waals surface area contributed by atoms with Crippen LogP contribution in [0.25, 0.3) is 0 Å². The van der Waals surface area contributed by atoms with Crippen LogP contribution in [0.2, 0.25) is 0 Å². The summed E-state index contributed by atoms with van der Waals surface area (Å²) in [7, 11) is 0. The van der Waals surface area contributed by atoms with E-state index in [1.54, 1.807) is 0 Å². The van der Waals surface area contributed by atoms with Crippen molar-refractivity contribution >= 4 is 5.78 Å². The zero-order chi connectivity index (χ0) is 12.1. The molecular weight excluding hydrogens is 210 g/mol. The number of benzene rings is 1. The molecule has 1 aromatic carbocycles. The summed E-state index contributed by atoms with van der Waals surface area (Å²) >= 11 is 0. The molecule has 90 valence electrons. The van der Waals surface area contributed by atoms with E-state index >= 15 is 0 Å². The highest BCUT2D eigenvalue weighted by Crippen LogP contribution is 2.22. The molecule has 0 saturated heterocycles. The molecule has 17 heavy (non-hydrogen) atoms. The molecule has 1 unspecified atom stereocenters. The van der Waals surface area contributed by atoms with Gasteiger partial charge >= 0.3 is 0 Å². The maximum absolute atomic E-state index is 12.3. The smallest absolute Gasteiger partial charge is 0.179 e. The van der Waals surface area contributed by atoms with Crippen LogP contribution in [0.4, 0.5) is 0 Å². The maximum atomic E-state index is 12.3. The van der Waals surface area contributed by atoms with Gasteiger partial charge in [-0.15, -0.1) is 0 Å². The molecule has 0 bridgehead atoms. The van der Waals surface area contributed by atoms with E-state index in [4.69, 9.17) is 5.73 Å². The Labute approximate surface area is 103 Å². The number of hydrogen-bond acceptors (Lipinski definition) is 2. The Morgan fingerprint density at radius 1 is 1.12 bits per heavy atom. The van der Waals surface area contributed by atoms with Crippen LogP contribution in [0.3, 0.4) is 0 Å². The molecule has 2 heteroatoms. The first-order valence-corrected chi connectivity index (χ1v) is 6.33. The second-order valence-corrected chi connectivity index (χ2v) is 4.58. The number of ketones is 1. The molecule has 0 aliphatic heterocycles. The fourth-order valence-corrected chi connectivity index (χ4v) is 2.25. The van der Waals surface area contributed by atoms with Crippen LogP contribution in [-0.2, 0) is 4.79 Å². The number of carbonyl (C=O) groups is 1. The van der Waals surface area contributed by atoms with Crippen molar-refractivity contribution in [3.63, 3.8) is 0 Å². The summed E-state index contributed by atoms with van der Waals surface area (Å²) in [4.78, 5) is 12.3. The van der Waals surface area contributed by atoms with Gasteiger partial charge in [0, 0.05) is 0 Å². The Kier molecular flexibility index (Phi) is 4.10. The van der Waals surface area contributed by atoms with E-state index in [-0.39, 0.29) is 5.78 Å². The standard InChI is InChI=1S/C15H19NO/c16-14(12-8-6-3-7-9-12)15(17)13-10-4-1-2-5-11-13/h3,6-10,14H,1-2,4-5,11,16H2. The van der Waals surface area contributed by atoms with Gasteiger partial charge in [-0.1, -0.05) is 42.8 Å². The summed E-state index contributed by atoms with van der Waals surface area (Å²) in [5, 5.41) is 0. The SMILES string of the molecule is NC(C(=O)C1=CCCCCC1)c1ccccc1. The van der Waals surface area contributed by atoms with Crippen LogP contribution in [0.15, 0.2) is 42.0 Å². The van der Waals surface area contributed by atoms with Crippen LogP contribution in [-0.4, -0.2) is 5.78 Å². The van der Waals surface area contributed by atoms with Gasteiger partial charge < -0.3 is 5.73 Å². The minimum absolute atomic E-state index is 0.0955. The van der Waals surface area contributed by atoms with Gasteiger partial charge in [0.05, 0.1) is 6.04 Å². The first kappa shape index (κ1) is 12.1. The predicted octanol–water partition coefficient (Wildman–Crippen LogP) is 3.15. The molecule has 0 radical (unpaired) electrons. The molecule has 1 atom stereocenters. The molecule has 0 spiro atoms. The first-order chi connectivity index (χ1) is 8.29. The molecule has 1 aliphatic rings. The van der Waals surface area contributed by atoms with Crippen molar-refractivity contribution in [3.8, 4) is 0 Å². The van der Waals surface area contributed by atoms with E-state index in [0.717, 1.165) is 30.4 Å². The topological polar surface area (TPSA) is 43.1 Å². The number of allylic oxidation sites excluding steroid dienone is 1. The van der Waals surface area contributed by atoms with E-state index in [1.165, 1.54) is 12.8 Å². The maximum Gasteiger partial charge on any atom is 0.179 e. The Hall–Kier alpha value is -1.41. The molecule has 0 heterocycles. The van der Waals surface area contributed by atoms with Crippen molar-refractivity contribution < 1.29 is 4.79 Å². The predicted molar refractivity (Wildman–Crippen MR) is 69.5 cm³/mol. The van der Waals surface area contributed by atoms with Crippen molar-refractivity contribution in [3.05, 3.63) is 47.5 Å². The van der Waals surface area contributed by atoms with Crippen molar-refractivity contribution in [1.82, 2.24) is 0 Å². The third kappa shape index (κ3) is 3.04.